The number of carboxylic acid groups (broad SMARTS) is 1. The van der Waals surface area contributed by atoms with E-state index in [1.807, 2.05) is 0 Å². The molecule has 1 aliphatic rings. The summed E-state index contributed by atoms with van der Waals surface area (Å²) >= 11 is 6.09. The number of carboxylic acids is 1. The van der Waals surface area contributed by atoms with Crippen molar-refractivity contribution in [2.45, 2.75) is 19.9 Å². The fourth-order valence-electron chi connectivity index (χ4n) is 1.96. The predicted molar refractivity (Wildman–Crippen MR) is 88.8 cm³/mol. The summed E-state index contributed by atoms with van der Waals surface area (Å²) in [6, 6.07) is 3.54. The fraction of sp³-hybridized carbons (Fsp3) is 0.267. The Hall–Kier alpha value is -2.06. The largest absolute Gasteiger partial charge is 0.548 e. The van der Waals surface area contributed by atoms with Gasteiger partial charge in [0.15, 0.2) is 11.5 Å². The molecule has 0 saturated carbocycles. The van der Waals surface area contributed by atoms with Gasteiger partial charge in [-0.1, -0.05) is 30.0 Å². The molecule has 0 spiro atoms. The highest BCUT2D eigenvalue weighted by Gasteiger charge is 2.35. The third-order valence-electron chi connectivity index (χ3n) is 3.13. The highest BCUT2D eigenvalue weighted by molar-refractivity contribution is 8.26. The van der Waals surface area contributed by atoms with Gasteiger partial charge in [-0.15, -0.1) is 0 Å². The number of carbonyl (C=O) groups excluding carboxylic acids is 2. The van der Waals surface area contributed by atoms with E-state index in [4.69, 9.17) is 17.0 Å². The van der Waals surface area contributed by atoms with Gasteiger partial charge < -0.3 is 19.7 Å². The number of aromatic hydroxyl groups is 1. The van der Waals surface area contributed by atoms with Gasteiger partial charge in [0.25, 0.3) is 5.91 Å². The number of thioether (sulfide) groups is 1. The summed E-state index contributed by atoms with van der Waals surface area (Å²) < 4.78 is 5.46. The van der Waals surface area contributed by atoms with Crippen LogP contribution in [0.4, 0.5) is 0 Å². The van der Waals surface area contributed by atoms with Gasteiger partial charge in [0.05, 0.1) is 23.5 Å². The monoisotopic (exact) mass is 352 g/mol. The first-order valence-corrected chi connectivity index (χ1v) is 8.01. The number of benzene rings is 1. The van der Waals surface area contributed by atoms with Crippen molar-refractivity contribution in [1.82, 2.24) is 4.90 Å². The third-order valence-corrected chi connectivity index (χ3v) is 4.46. The average Bonchev–Trinajstić information content (AvgIpc) is 2.76. The Labute approximate surface area is 142 Å². The van der Waals surface area contributed by atoms with E-state index >= 15 is 0 Å². The number of phenolic OH excluding ortho intramolecular Hbond substituents is 1. The predicted octanol–water partition coefficient (Wildman–Crippen LogP) is 1.13. The fourth-order valence-corrected chi connectivity index (χ4v) is 3.38. The number of hydrogen-bond acceptors (Lipinski definition) is 7. The number of phenols is 1. The van der Waals surface area contributed by atoms with Crippen LogP contribution in [0.25, 0.3) is 6.08 Å². The molecule has 0 aliphatic carbocycles. The molecule has 0 unspecified atom stereocenters. The number of aliphatic carboxylic acids is 1. The van der Waals surface area contributed by atoms with E-state index in [0.29, 0.717) is 22.8 Å². The second-order valence-corrected chi connectivity index (χ2v) is 6.38. The smallest absolute Gasteiger partial charge is 0.266 e. The van der Waals surface area contributed by atoms with E-state index in [9.17, 15) is 19.8 Å². The Morgan fingerprint density at radius 3 is 2.87 bits per heavy atom. The molecular formula is C15H14NO5S2-. The van der Waals surface area contributed by atoms with E-state index in [2.05, 4.69) is 0 Å². The molecule has 1 fully saturated rings. The molecular weight excluding hydrogens is 338 g/mol. The molecule has 23 heavy (non-hydrogen) atoms. The number of hydrogen-bond donors (Lipinski definition) is 1. The zero-order valence-corrected chi connectivity index (χ0v) is 14.1. The maximum absolute atomic E-state index is 12.3. The van der Waals surface area contributed by atoms with Crippen molar-refractivity contribution in [3.8, 4) is 11.5 Å². The Bertz CT molecular complexity index is 701. The van der Waals surface area contributed by atoms with Crippen LogP contribution in [-0.4, -0.2) is 38.9 Å². The number of thiocarbonyl (C=S) groups is 1. The minimum atomic E-state index is -1.37. The van der Waals surface area contributed by atoms with Crippen LogP contribution in [0.2, 0.25) is 0 Å². The molecule has 122 valence electrons. The normalized spacial score (nSPS) is 17.7. The van der Waals surface area contributed by atoms with Crippen LogP contribution < -0.4 is 9.84 Å². The van der Waals surface area contributed by atoms with Crippen molar-refractivity contribution in [3.05, 3.63) is 28.7 Å². The summed E-state index contributed by atoms with van der Waals surface area (Å²) in [6.07, 6.45) is 1.57. The van der Waals surface area contributed by atoms with Crippen LogP contribution in [0.1, 0.15) is 19.4 Å². The molecule has 1 aromatic rings. The standard InChI is InChI=1S/C15H15NO5S2/c1-3-21-11-6-9(4-5-10(11)17)7-12-13(18)16(15(22)23-12)8(2)14(19)20/h4-8,17H,3H2,1-2H3,(H,19,20)/p-1/b12-7-/t8-/m1/s1. The SMILES string of the molecule is CCOc1cc(/C=C2\SC(=S)N([C@H](C)C(=O)[O-])C2=O)ccc1O. The quantitative estimate of drug-likeness (QED) is 0.627. The van der Waals surface area contributed by atoms with Crippen LogP contribution in [0.15, 0.2) is 23.1 Å². The summed E-state index contributed by atoms with van der Waals surface area (Å²) in [6.45, 7) is 3.53. The second-order valence-electron chi connectivity index (χ2n) is 4.71. The van der Waals surface area contributed by atoms with Crippen molar-refractivity contribution in [2.24, 2.45) is 0 Å². The zero-order chi connectivity index (χ0) is 17.1. The van der Waals surface area contributed by atoms with Gasteiger partial charge >= 0.3 is 0 Å². The van der Waals surface area contributed by atoms with Crippen molar-refractivity contribution in [1.29, 1.82) is 0 Å². The van der Waals surface area contributed by atoms with Gasteiger partial charge in [-0.25, -0.2) is 0 Å². The lowest BCUT2D eigenvalue weighted by Gasteiger charge is -2.23. The van der Waals surface area contributed by atoms with Crippen LogP contribution in [-0.2, 0) is 9.59 Å². The number of amides is 1. The molecule has 6 nitrogen and oxygen atoms in total. The molecule has 1 N–H and O–H groups in total. The minimum Gasteiger partial charge on any atom is -0.548 e. The lowest BCUT2D eigenvalue weighted by atomic mass is 10.2. The topological polar surface area (TPSA) is 89.9 Å². The van der Waals surface area contributed by atoms with E-state index in [1.165, 1.54) is 13.0 Å². The summed E-state index contributed by atoms with van der Waals surface area (Å²) in [7, 11) is 0. The first kappa shape index (κ1) is 17.3. The van der Waals surface area contributed by atoms with Gasteiger partial charge in [-0.2, -0.15) is 0 Å². The van der Waals surface area contributed by atoms with E-state index in [0.717, 1.165) is 16.7 Å². The van der Waals surface area contributed by atoms with Gasteiger partial charge in [0, 0.05) is 0 Å². The maximum atomic E-state index is 12.3. The Morgan fingerprint density at radius 2 is 2.26 bits per heavy atom. The number of ether oxygens (including phenoxy) is 1. The summed E-state index contributed by atoms with van der Waals surface area (Å²) in [5.41, 5.74) is 0.632. The summed E-state index contributed by atoms with van der Waals surface area (Å²) in [5.74, 6) is -1.55. The molecule has 1 aliphatic heterocycles. The van der Waals surface area contributed by atoms with Gasteiger partial charge in [-0.3, -0.25) is 9.69 Å². The van der Waals surface area contributed by atoms with Gasteiger partial charge in [-0.05, 0) is 37.6 Å². The van der Waals surface area contributed by atoms with Crippen molar-refractivity contribution < 1.29 is 24.5 Å². The van der Waals surface area contributed by atoms with Crippen LogP contribution in [0.5, 0.6) is 11.5 Å². The van der Waals surface area contributed by atoms with E-state index in [-0.39, 0.29) is 10.1 Å². The molecule has 1 heterocycles. The first-order valence-electron chi connectivity index (χ1n) is 6.79. The van der Waals surface area contributed by atoms with Crippen molar-refractivity contribution >= 4 is 46.3 Å². The van der Waals surface area contributed by atoms with Crippen LogP contribution in [0.3, 0.4) is 0 Å². The van der Waals surface area contributed by atoms with Crippen molar-refractivity contribution in [2.75, 3.05) is 6.61 Å². The number of carbonyl (C=O) groups is 2. The lowest BCUT2D eigenvalue weighted by Crippen LogP contribution is -2.48. The number of rotatable bonds is 5. The molecule has 1 aromatic carbocycles. The summed E-state index contributed by atoms with van der Waals surface area (Å²) in [4.78, 5) is 24.6. The zero-order valence-electron chi connectivity index (χ0n) is 12.4. The molecule has 1 amide bonds. The highest BCUT2D eigenvalue weighted by atomic mass is 32.2. The molecule has 0 radical (unpaired) electrons. The third kappa shape index (κ3) is 3.65. The molecule has 2 rings (SSSR count). The van der Waals surface area contributed by atoms with Crippen LogP contribution in [0, 0.1) is 0 Å². The number of nitrogens with zero attached hydrogens (tertiary/aromatic N) is 1. The Morgan fingerprint density at radius 1 is 1.57 bits per heavy atom. The van der Waals surface area contributed by atoms with Crippen LogP contribution >= 0.6 is 24.0 Å². The van der Waals surface area contributed by atoms with Gasteiger partial charge in [0.1, 0.15) is 4.32 Å². The average molecular weight is 352 g/mol. The van der Waals surface area contributed by atoms with Gasteiger partial charge in [0.2, 0.25) is 0 Å². The molecule has 0 aromatic heterocycles. The van der Waals surface area contributed by atoms with Crippen molar-refractivity contribution in [3.63, 3.8) is 0 Å². The lowest BCUT2D eigenvalue weighted by molar-refractivity contribution is -0.309. The maximum Gasteiger partial charge on any atom is 0.266 e. The minimum absolute atomic E-state index is 0.00197. The highest BCUT2D eigenvalue weighted by Crippen LogP contribution is 2.35. The molecule has 8 heteroatoms. The molecule has 0 bridgehead atoms. The Kier molecular flexibility index (Phi) is 5.27. The van der Waals surface area contributed by atoms with E-state index in [1.54, 1.807) is 25.1 Å². The summed E-state index contributed by atoms with van der Waals surface area (Å²) in [5, 5.41) is 20.6. The molecule has 1 saturated heterocycles. The second kappa shape index (κ2) is 7.01. The first-order chi connectivity index (χ1) is 10.8. The molecule has 1 atom stereocenters. The Balaban J connectivity index is 2.31. The van der Waals surface area contributed by atoms with E-state index < -0.39 is 17.9 Å².